The fourth-order valence-corrected chi connectivity index (χ4v) is 4.00. The standard InChI is InChI=1S/C27H30FN3O4/c1-5-34-26-30-22(16-10-11-16)23(24(29)32)31(26)15-18-13-12-17(14-21(18)28)19-8-6-7-9-20(19)25(33)35-27(2,3)4/h6-9,12-14,16H,5,10-11,15H2,1-4H3,(H2,29,32). The van der Waals surface area contributed by atoms with E-state index >= 15 is 4.39 Å². The van der Waals surface area contributed by atoms with Crippen LogP contribution in [-0.4, -0.2) is 33.6 Å². The Hall–Kier alpha value is -3.68. The third kappa shape index (κ3) is 5.37. The Labute approximate surface area is 204 Å². The summed E-state index contributed by atoms with van der Waals surface area (Å²) in [6, 6.07) is 11.9. The average Bonchev–Trinajstić information content (AvgIpc) is 3.57. The molecule has 1 fully saturated rings. The first-order valence-corrected chi connectivity index (χ1v) is 11.7. The Balaban J connectivity index is 1.69. The summed E-state index contributed by atoms with van der Waals surface area (Å²) in [5.74, 6) is -1.40. The van der Waals surface area contributed by atoms with Gasteiger partial charge in [0.2, 0.25) is 0 Å². The zero-order valence-electron chi connectivity index (χ0n) is 20.4. The van der Waals surface area contributed by atoms with Crippen LogP contribution in [-0.2, 0) is 11.3 Å². The summed E-state index contributed by atoms with van der Waals surface area (Å²) < 4.78 is 28.1. The quantitative estimate of drug-likeness (QED) is 0.455. The molecule has 0 bridgehead atoms. The largest absolute Gasteiger partial charge is 0.465 e. The lowest BCUT2D eigenvalue weighted by atomic mass is 9.98. The van der Waals surface area contributed by atoms with Crippen molar-refractivity contribution in [1.82, 2.24) is 9.55 Å². The summed E-state index contributed by atoms with van der Waals surface area (Å²) in [5, 5.41) is 0. The molecule has 1 amide bonds. The van der Waals surface area contributed by atoms with E-state index in [0.717, 1.165) is 12.8 Å². The molecule has 7 nitrogen and oxygen atoms in total. The molecule has 0 unspecified atom stereocenters. The van der Waals surface area contributed by atoms with E-state index in [1.807, 2.05) is 6.92 Å². The number of amides is 1. The van der Waals surface area contributed by atoms with E-state index in [2.05, 4.69) is 4.98 Å². The minimum Gasteiger partial charge on any atom is -0.465 e. The fraction of sp³-hybridized carbons (Fsp3) is 0.370. The van der Waals surface area contributed by atoms with Crippen molar-refractivity contribution in [3.63, 3.8) is 0 Å². The highest BCUT2D eigenvalue weighted by atomic mass is 19.1. The average molecular weight is 480 g/mol. The number of nitrogens with two attached hydrogens (primary N) is 1. The number of hydrogen-bond acceptors (Lipinski definition) is 5. The number of aromatic nitrogens is 2. The van der Waals surface area contributed by atoms with Crippen LogP contribution in [0.25, 0.3) is 11.1 Å². The molecule has 0 spiro atoms. The number of esters is 1. The van der Waals surface area contributed by atoms with E-state index in [9.17, 15) is 9.59 Å². The minimum atomic E-state index is -0.653. The number of hydrogen-bond donors (Lipinski definition) is 1. The van der Waals surface area contributed by atoms with Crippen LogP contribution in [0.2, 0.25) is 0 Å². The Morgan fingerprint density at radius 1 is 1.17 bits per heavy atom. The topological polar surface area (TPSA) is 96.4 Å². The van der Waals surface area contributed by atoms with Gasteiger partial charge in [-0.3, -0.25) is 9.36 Å². The number of rotatable bonds is 8. The highest BCUT2D eigenvalue weighted by Gasteiger charge is 2.34. The number of imidazole rings is 1. The maximum absolute atomic E-state index is 15.3. The van der Waals surface area contributed by atoms with E-state index in [-0.39, 0.29) is 24.2 Å². The molecule has 0 radical (unpaired) electrons. The Morgan fingerprint density at radius 3 is 2.49 bits per heavy atom. The molecule has 2 N–H and O–H groups in total. The first-order chi connectivity index (χ1) is 16.6. The molecular weight excluding hydrogens is 449 g/mol. The predicted octanol–water partition coefficient (Wildman–Crippen LogP) is 5.07. The maximum atomic E-state index is 15.3. The molecule has 35 heavy (non-hydrogen) atoms. The molecule has 1 heterocycles. The monoisotopic (exact) mass is 479 g/mol. The van der Waals surface area contributed by atoms with Crippen molar-refractivity contribution in [3.05, 3.63) is 70.8 Å². The summed E-state index contributed by atoms with van der Waals surface area (Å²) >= 11 is 0. The number of primary amides is 1. The molecule has 4 rings (SSSR count). The number of carbonyl (C=O) groups is 2. The van der Waals surface area contributed by atoms with Gasteiger partial charge in [0.15, 0.2) is 0 Å². The molecule has 0 aliphatic heterocycles. The van der Waals surface area contributed by atoms with Gasteiger partial charge in [0.25, 0.3) is 11.9 Å². The van der Waals surface area contributed by atoms with Crippen molar-refractivity contribution in [2.45, 2.75) is 58.6 Å². The third-order valence-electron chi connectivity index (χ3n) is 5.67. The van der Waals surface area contributed by atoms with Crippen LogP contribution in [0.5, 0.6) is 6.01 Å². The SMILES string of the molecule is CCOc1nc(C2CC2)c(C(N)=O)n1Cc1ccc(-c2ccccc2C(=O)OC(C)(C)C)cc1F. The molecule has 184 valence electrons. The zero-order valence-corrected chi connectivity index (χ0v) is 20.4. The van der Waals surface area contributed by atoms with Gasteiger partial charge in [0.1, 0.15) is 17.1 Å². The fourth-order valence-electron chi connectivity index (χ4n) is 4.00. The Bertz CT molecular complexity index is 1270. The van der Waals surface area contributed by atoms with Gasteiger partial charge in [-0.05, 0) is 63.8 Å². The van der Waals surface area contributed by atoms with Crippen LogP contribution in [0.3, 0.4) is 0 Å². The maximum Gasteiger partial charge on any atom is 0.339 e. The lowest BCUT2D eigenvalue weighted by Gasteiger charge is -2.20. The number of halogens is 1. The highest BCUT2D eigenvalue weighted by molar-refractivity contribution is 5.97. The number of carbonyl (C=O) groups excluding carboxylic acids is 2. The number of benzene rings is 2. The first-order valence-electron chi connectivity index (χ1n) is 11.7. The second-order valence-electron chi connectivity index (χ2n) is 9.64. The summed E-state index contributed by atoms with van der Waals surface area (Å²) in [5.41, 5.74) is 7.70. The van der Waals surface area contributed by atoms with Crippen LogP contribution in [0.1, 0.15) is 78.6 Å². The third-order valence-corrected chi connectivity index (χ3v) is 5.67. The number of nitrogens with zero attached hydrogens (tertiary/aromatic N) is 2. The lowest BCUT2D eigenvalue weighted by molar-refractivity contribution is 0.00703. The predicted molar refractivity (Wildman–Crippen MR) is 130 cm³/mol. The number of ether oxygens (including phenoxy) is 2. The van der Waals surface area contributed by atoms with Crippen molar-refractivity contribution in [2.24, 2.45) is 5.73 Å². The second-order valence-corrected chi connectivity index (χ2v) is 9.64. The van der Waals surface area contributed by atoms with Gasteiger partial charge >= 0.3 is 5.97 Å². The molecule has 0 saturated heterocycles. The molecule has 1 aliphatic rings. The summed E-state index contributed by atoms with van der Waals surface area (Å²) in [4.78, 5) is 29.5. The molecule has 8 heteroatoms. The first kappa shape index (κ1) is 24.4. The van der Waals surface area contributed by atoms with E-state index in [4.69, 9.17) is 15.2 Å². The molecule has 0 atom stereocenters. The Kier molecular flexibility index (Phi) is 6.65. The summed E-state index contributed by atoms with van der Waals surface area (Å²) in [6.45, 7) is 7.59. The summed E-state index contributed by atoms with van der Waals surface area (Å²) in [7, 11) is 0. The molecule has 1 saturated carbocycles. The van der Waals surface area contributed by atoms with Gasteiger partial charge in [-0.1, -0.05) is 30.3 Å². The van der Waals surface area contributed by atoms with Gasteiger partial charge in [-0.15, -0.1) is 0 Å². The van der Waals surface area contributed by atoms with Crippen LogP contribution >= 0.6 is 0 Å². The second kappa shape index (κ2) is 9.52. The van der Waals surface area contributed by atoms with Crippen LogP contribution in [0.15, 0.2) is 42.5 Å². The summed E-state index contributed by atoms with van der Waals surface area (Å²) in [6.07, 6.45) is 1.87. The van der Waals surface area contributed by atoms with Crippen molar-refractivity contribution in [2.75, 3.05) is 6.61 Å². The van der Waals surface area contributed by atoms with E-state index < -0.39 is 23.3 Å². The van der Waals surface area contributed by atoms with Crippen molar-refractivity contribution >= 4 is 11.9 Å². The molecule has 1 aromatic heterocycles. The van der Waals surface area contributed by atoms with E-state index in [1.54, 1.807) is 61.7 Å². The van der Waals surface area contributed by atoms with E-state index in [0.29, 0.717) is 34.6 Å². The Morgan fingerprint density at radius 2 is 1.89 bits per heavy atom. The van der Waals surface area contributed by atoms with Crippen molar-refractivity contribution < 1.29 is 23.5 Å². The van der Waals surface area contributed by atoms with Gasteiger partial charge < -0.3 is 15.2 Å². The van der Waals surface area contributed by atoms with Crippen LogP contribution in [0, 0.1) is 5.82 Å². The minimum absolute atomic E-state index is 0.0349. The van der Waals surface area contributed by atoms with Gasteiger partial charge in [-0.25, -0.2) is 9.18 Å². The van der Waals surface area contributed by atoms with Crippen LogP contribution in [0.4, 0.5) is 4.39 Å². The zero-order chi connectivity index (χ0) is 25.3. The lowest BCUT2D eigenvalue weighted by Crippen LogP contribution is -2.24. The van der Waals surface area contributed by atoms with Crippen LogP contribution < -0.4 is 10.5 Å². The normalized spacial score (nSPS) is 13.5. The molecular formula is C27H30FN3O4. The highest BCUT2D eigenvalue weighted by Crippen LogP contribution is 2.42. The van der Waals surface area contributed by atoms with Gasteiger partial charge in [-0.2, -0.15) is 4.98 Å². The van der Waals surface area contributed by atoms with Gasteiger partial charge in [0.05, 0.1) is 24.4 Å². The van der Waals surface area contributed by atoms with Crippen molar-refractivity contribution in [1.29, 1.82) is 0 Å². The van der Waals surface area contributed by atoms with Crippen molar-refractivity contribution in [3.8, 4) is 17.1 Å². The molecule has 3 aromatic rings. The molecule has 1 aliphatic carbocycles. The molecule has 2 aromatic carbocycles. The van der Waals surface area contributed by atoms with Gasteiger partial charge in [0, 0.05) is 11.5 Å². The smallest absolute Gasteiger partial charge is 0.339 e. The van der Waals surface area contributed by atoms with E-state index in [1.165, 1.54) is 6.07 Å².